The molecule has 2 aromatic heterocycles. The van der Waals surface area contributed by atoms with Crippen molar-refractivity contribution >= 4 is 33.7 Å². The van der Waals surface area contributed by atoms with Crippen LogP contribution in [0.25, 0.3) is 0 Å². The molecule has 0 fully saturated rings. The molecule has 1 amide bonds. The minimum absolute atomic E-state index is 0.0493. The van der Waals surface area contributed by atoms with Gasteiger partial charge < -0.3 is 5.32 Å². The highest BCUT2D eigenvalue weighted by molar-refractivity contribution is 7.13. The summed E-state index contributed by atoms with van der Waals surface area (Å²) in [6.07, 6.45) is 1.68. The van der Waals surface area contributed by atoms with Gasteiger partial charge in [-0.05, 0) is 14.0 Å². The summed E-state index contributed by atoms with van der Waals surface area (Å²) < 4.78 is 0. The van der Waals surface area contributed by atoms with Gasteiger partial charge in [-0.25, -0.2) is 9.97 Å². The molecule has 0 saturated heterocycles. The van der Waals surface area contributed by atoms with Gasteiger partial charge >= 0.3 is 0 Å². The van der Waals surface area contributed by atoms with Crippen LogP contribution < -0.4 is 5.32 Å². The topological polar surface area (TPSA) is 58.1 Å². The van der Waals surface area contributed by atoms with Crippen LogP contribution in [0.4, 0.5) is 5.13 Å². The van der Waals surface area contributed by atoms with Gasteiger partial charge in [-0.3, -0.25) is 9.69 Å². The molecule has 0 aliphatic rings. The van der Waals surface area contributed by atoms with Gasteiger partial charge in [-0.15, -0.1) is 22.7 Å². The molecule has 2 aromatic rings. The molecule has 0 radical (unpaired) electrons. The first kappa shape index (κ1) is 16.1. The molecule has 1 unspecified atom stereocenters. The number of carbonyl (C=O) groups excluding carboxylic acids is 1. The molecular formula is C14H20N4OS2. The molecule has 0 spiro atoms. The first-order valence-electron chi connectivity index (χ1n) is 6.82. The van der Waals surface area contributed by atoms with Crippen LogP contribution in [0.3, 0.4) is 0 Å². The summed E-state index contributed by atoms with van der Waals surface area (Å²) in [6.45, 7) is 6.82. The first-order chi connectivity index (χ1) is 9.97. The van der Waals surface area contributed by atoms with Gasteiger partial charge in [0, 0.05) is 29.4 Å². The van der Waals surface area contributed by atoms with Gasteiger partial charge in [-0.1, -0.05) is 13.8 Å². The van der Waals surface area contributed by atoms with Crippen LogP contribution in [-0.2, 0) is 11.3 Å². The Hall–Kier alpha value is -1.31. The zero-order valence-electron chi connectivity index (χ0n) is 12.7. The monoisotopic (exact) mass is 324 g/mol. The van der Waals surface area contributed by atoms with Crippen molar-refractivity contribution in [3.8, 4) is 0 Å². The third-order valence-corrected chi connectivity index (χ3v) is 5.06. The summed E-state index contributed by atoms with van der Waals surface area (Å²) in [4.78, 5) is 22.8. The smallest absolute Gasteiger partial charge is 0.243 e. The van der Waals surface area contributed by atoms with Crippen LogP contribution in [-0.4, -0.2) is 33.9 Å². The molecule has 0 aliphatic heterocycles. The summed E-state index contributed by atoms with van der Waals surface area (Å²) in [7, 11) is 1.93. The number of hydrogen-bond donors (Lipinski definition) is 1. The lowest BCUT2D eigenvalue weighted by atomic mass is 10.2. The minimum atomic E-state index is -0.238. The third kappa shape index (κ3) is 4.33. The molecule has 2 rings (SSSR count). The Morgan fingerprint density at radius 3 is 2.71 bits per heavy atom. The minimum Gasteiger partial charge on any atom is -0.301 e. The second kappa shape index (κ2) is 7.11. The molecule has 0 bridgehead atoms. The fourth-order valence-corrected chi connectivity index (χ4v) is 3.11. The first-order valence-corrected chi connectivity index (χ1v) is 8.58. The van der Waals surface area contributed by atoms with E-state index in [1.54, 1.807) is 17.5 Å². The predicted molar refractivity (Wildman–Crippen MR) is 87.9 cm³/mol. The van der Waals surface area contributed by atoms with Crippen LogP contribution >= 0.6 is 22.7 Å². The van der Waals surface area contributed by atoms with Crippen molar-refractivity contribution in [1.82, 2.24) is 14.9 Å². The van der Waals surface area contributed by atoms with Crippen LogP contribution in [0.1, 0.15) is 37.4 Å². The van der Waals surface area contributed by atoms with Crippen molar-refractivity contribution in [2.75, 3.05) is 12.4 Å². The van der Waals surface area contributed by atoms with Crippen molar-refractivity contribution in [2.45, 2.75) is 39.3 Å². The van der Waals surface area contributed by atoms with Crippen molar-refractivity contribution in [3.63, 3.8) is 0 Å². The number of nitrogens with zero attached hydrogens (tertiary/aromatic N) is 3. The van der Waals surface area contributed by atoms with Crippen LogP contribution in [0.5, 0.6) is 0 Å². The number of carbonyl (C=O) groups is 1. The molecule has 21 heavy (non-hydrogen) atoms. The maximum atomic E-state index is 12.2. The molecule has 0 saturated carbocycles. The number of likely N-dealkylation sites (N-methyl/N-ethyl adjacent to an activating group) is 1. The molecule has 0 aromatic carbocycles. The van der Waals surface area contributed by atoms with Gasteiger partial charge in [0.25, 0.3) is 0 Å². The standard InChI is InChI=1S/C14H20N4OS2/c1-9(2)13-16-11(8-21-13)7-18(4)10(3)12(19)17-14-15-5-6-20-14/h5-6,8-10H,7H2,1-4H3,(H,15,17,19). The number of thiazole rings is 2. The average molecular weight is 324 g/mol. The van der Waals surface area contributed by atoms with E-state index in [0.717, 1.165) is 10.7 Å². The van der Waals surface area contributed by atoms with Crippen molar-refractivity contribution in [3.05, 3.63) is 27.7 Å². The van der Waals surface area contributed by atoms with Gasteiger partial charge in [0.15, 0.2) is 5.13 Å². The number of aromatic nitrogens is 2. The van der Waals surface area contributed by atoms with Gasteiger partial charge in [0.1, 0.15) is 0 Å². The van der Waals surface area contributed by atoms with Crippen LogP contribution in [0.2, 0.25) is 0 Å². The van der Waals surface area contributed by atoms with Crippen LogP contribution in [0, 0.1) is 0 Å². The van der Waals surface area contributed by atoms with Gasteiger partial charge in [0.05, 0.1) is 16.7 Å². The summed E-state index contributed by atoms with van der Waals surface area (Å²) in [5.74, 6) is 0.395. The maximum absolute atomic E-state index is 12.2. The summed E-state index contributed by atoms with van der Waals surface area (Å²) in [6, 6.07) is -0.238. The zero-order valence-corrected chi connectivity index (χ0v) is 14.3. The number of nitrogens with one attached hydrogen (secondary N) is 1. The molecule has 0 aliphatic carbocycles. The fraction of sp³-hybridized carbons (Fsp3) is 0.500. The number of hydrogen-bond acceptors (Lipinski definition) is 6. The molecular weight excluding hydrogens is 304 g/mol. The van der Waals surface area contributed by atoms with Crippen LogP contribution in [0.15, 0.2) is 17.0 Å². The SMILES string of the molecule is CC(C)c1nc(CN(C)C(C)C(=O)Nc2nccs2)cs1. The number of rotatable bonds is 6. The van der Waals surface area contributed by atoms with Gasteiger partial charge in [0.2, 0.25) is 5.91 Å². The summed E-state index contributed by atoms with van der Waals surface area (Å²) in [5, 5.41) is 8.50. The van der Waals surface area contributed by atoms with E-state index in [4.69, 9.17) is 0 Å². The second-order valence-corrected chi connectivity index (χ2v) is 7.03. The van der Waals surface area contributed by atoms with Gasteiger partial charge in [-0.2, -0.15) is 0 Å². The third-order valence-electron chi connectivity index (χ3n) is 3.18. The van der Waals surface area contributed by atoms with E-state index in [2.05, 4.69) is 34.5 Å². The molecule has 1 N–H and O–H groups in total. The Morgan fingerprint density at radius 1 is 1.38 bits per heavy atom. The lowest BCUT2D eigenvalue weighted by Gasteiger charge is -2.22. The average Bonchev–Trinajstić information content (AvgIpc) is 3.09. The fourth-order valence-electron chi connectivity index (χ4n) is 1.75. The lowest BCUT2D eigenvalue weighted by Crippen LogP contribution is -2.39. The Bertz CT molecular complexity index is 580. The van der Waals surface area contributed by atoms with E-state index >= 15 is 0 Å². The number of anilines is 1. The summed E-state index contributed by atoms with van der Waals surface area (Å²) in [5.41, 5.74) is 1.01. The zero-order chi connectivity index (χ0) is 15.4. The lowest BCUT2D eigenvalue weighted by molar-refractivity contribution is -0.120. The highest BCUT2D eigenvalue weighted by Crippen LogP contribution is 2.20. The Balaban J connectivity index is 1.92. The maximum Gasteiger partial charge on any atom is 0.243 e. The van der Waals surface area contributed by atoms with Crippen molar-refractivity contribution in [1.29, 1.82) is 0 Å². The quantitative estimate of drug-likeness (QED) is 0.886. The Labute approximate surface area is 133 Å². The molecule has 5 nitrogen and oxygen atoms in total. The Kier molecular flexibility index (Phi) is 5.44. The highest BCUT2D eigenvalue weighted by atomic mass is 32.1. The molecule has 2 heterocycles. The second-order valence-electron chi connectivity index (χ2n) is 5.25. The van der Waals surface area contributed by atoms with E-state index in [0.29, 0.717) is 17.6 Å². The highest BCUT2D eigenvalue weighted by Gasteiger charge is 2.20. The normalized spacial score (nSPS) is 12.9. The van der Waals surface area contributed by atoms with Crippen molar-refractivity contribution in [2.24, 2.45) is 0 Å². The number of amides is 1. The van der Waals surface area contributed by atoms with E-state index in [9.17, 15) is 4.79 Å². The predicted octanol–water partition coefficient (Wildman–Crippen LogP) is 3.18. The van der Waals surface area contributed by atoms with Crippen molar-refractivity contribution < 1.29 is 4.79 Å². The van der Waals surface area contributed by atoms with E-state index in [-0.39, 0.29) is 11.9 Å². The van der Waals surface area contributed by atoms with E-state index < -0.39 is 0 Å². The summed E-state index contributed by atoms with van der Waals surface area (Å²) >= 11 is 3.10. The molecule has 114 valence electrons. The van der Waals surface area contributed by atoms with E-state index in [1.165, 1.54) is 11.3 Å². The molecule has 7 heteroatoms. The Morgan fingerprint density at radius 2 is 2.14 bits per heavy atom. The largest absolute Gasteiger partial charge is 0.301 e. The molecule has 1 atom stereocenters. The van der Waals surface area contributed by atoms with E-state index in [1.807, 2.05) is 24.3 Å².